The molecule has 3 atom stereocenters. The number of nitro groups is 1. The van der Waals surface area contributed by atoms with Gasteiger partial charge in [-0.05, 0) is 60.6 Å². The smallest absolute Gasteiger partial charge is 0.292 e. The minimum atomic E-state index is -0.282. The Balaban J connectivity index is 1.90. The second kappa shape index (κ2) is 5.88. The van der Waals surface area contributed by atoms with Crippen LogP contribution >= 0.6 is 11.6 Å². The van der Waals surface area contributed by atoms with E-state index in [-0.39, 0.29) is 22.6 Å². The highest BCUT2D eigenvalue weighted by molar-refractivity contribution is 6.30. The van der Waals surface area contributed by atoms with Crippen LogP contribution in [0.15, 0.2) is 42.5 Å². The molecular formula is C20H19ClN2O2. The quantitative estimate of drug-likeness (QED) is 0.428. The molecule has 128 valence electrons. The van der Waals surface area contributed by atoms with E-state index in [0.29, 0.717) is 16.6 Å². The van der Waals surface area contributed by atoms with Crippen molar-refractivity contribution < 1.29 is 4.92 Å². The van der Waals surface area contributed by atoms with Gasteiger partial charge in [0, 0.05) is 17.0 Å². The van der Waals surface area contributed by atoms with E-state index in [9.17, 15) is 10.1 Å². The molecule has 0 saturated carbocycles. The van der Waals surface area contributed by atoms with Gasteiger partial charge in [0.05, 0.1) is 11.0 Å². The number of allylic oxidation sites excluding steroid dienone is 2. The van der Waals surface area contributed by atoms with E-state index < -0.39 is 0 Å². The number of hydrogen-bond acceptors (Lipinski definition) is 3. The van der Waals surface area contributed by atoms with Gasteiger partial charge >= 0.3 is 0 Å². The van der Waals surface area contributed by atoms with Crippen molar-refractivity contribution in [1.82, 2.24) is 0 Å². The summed E-state index contributed by atoms with van der Waals surface area (Å²) in [6, 6.07) is 9.48. The van der Waals surface area contributed by atoms with Gasteiger partial charge in [0.2, 0.25) is 0 Å². The van der Waals surface area contributed by atoms with Gasteiger partial charge in [-0.2, -0.15) is 0 Å². The first-order valence-electron chi connectivity index (χ1n) is 8.44. The third kappa shape index (κ3) is 2.52. The summed E-state index contributed by atoms with van der Waals surface area (Å²) in [4.78, 5) is 11.4. The number of hydrogen-bond donors (Lipinski definition) is 1. The average molecular weight is 355 g/mol. The number of anilines is 1. The van der Waals surface area contributed by atoms with E-state index in [1.807, 2.05) is 31.2 Å². The van der Waals surface area contributed by atoms with Crippen LogP contribution in [0.1, 0.15) is 40.6 Å². The van der Waals surface area contributed by atoms with Gasteiger partial charge in [-0.25, -0.2) is 0 Å². The first kappa shape index (κ1) is 16.2. The Morgan fingerprint density at radius 1 is 1.24 bits per heavy atom. The van der Waals surface area contributed by atoms with Crippen LogP contribution in [0, 0.1) is 29.9 Å². The molecule has 1 heterocycles. The highest BCUT2D eigenvalue weighted by atomic mass is 35.5. The summed E-state index contributed by atoms with van der Waals surface area (Å²) in [7, 11) is 0. The molecule has 2 aliphatic rings. The monoisotopic (exact) mass is 354 g/mol. The minimum absolute atomic E-state index is 0.0329. The molecular weight excluding hydrogens is 336 g/mol. The van der Waals surface area contributed by atoms with Gasteiger partial charge in [-0.1, -0.05) is 35.9 Å². The number of halogens is 1. The van der Waals surface area contributed by atoms with Crippen LogP contribution < -0.4 is 5.32 Å². The molecule has 0 spiro atoms. The Labute approximate surface area is 151 Å². The van der Waals surface area contributed by atoms with Crippen LogP contribution in [0.5, 0.6) is 0 Å². The zero-order chi connectivity index (χ0) is 17.7. The van der Waals surface area contributed by atoms with Crippen molar-refractivity contribution in [1.29, 1.82) is 0 Å². The highest BCUT2D eigenvalue weighted by Gasteiger charge is 2.41. The fourth-order valence-corrected chi connectivity index (χ4v) is 4.35. The molecule has 4 nitrogen and oxygen atoms in total. The normalized spacial score (nSPS) is 23.7. The van der Waals surface area contributed by atoms with Crippen LogP contribution in [0.4, 0.5) is 11.4 Å². The Morgan fingerprint density at radius 2 is 1.96 bits per heavy atom. The van der Waals surface area contributed by atoms with E-state index >= 15 is 0 Å². The fraction of sp³-hybridized carbons (Fsp3) is 0.300. The van der Waals surface area contributed by atoms with E-state index in [1.165, 1.54) is 0 Å². The lowest BCUT2D eigenvalue weighted by Gasteiger charge is -2.38. The van der Waals surface area contributed by atoms with Gasteiger partial charge in [0.25, 0.3) is 5.69 Å². The van der Waals surface area contributed by atoms with Gasteiger partial charge in [-0.3, -0.25) is 10.1 Å². The van der Waals surface area contributed by atoms with E-state index in [4.69, 9.17) is 11.6 Å². The van der Waals surface area contributed by atoms with Crippen molar-refractivity contribution in [3.8, 4) is 0 Å². The molecule has 0 amide bonds. The number of fused-ring (bicyclic) bond motifs is 3. The standard InChI is InChI=1S/C20H19ClN2O2/c1-11-10-17(23(24)25)20-18(12(11)2)15-4-3-5-16(15)19(22-20)13-6-8-14(21)9-7-13/h3-4,6-10,15-16,19,22H,5H2,1-2H3/t15-,16-,19-/m1/s1. The van der Waals surface area contributed by atoms with Crippen LogP contribution in [0.2, 0.25) is 5.02 Å². The lowest BCUT2D eigenvalue weighted by atomic mass is 9.74. The molecule has 0 saturated heterocycles. The van der Waals surface area contributed by atoms with Crippen molar-refractivity contribution >= 4 is 23.0 Å². The first-order valence-corrected chi connectivity index (χ1v) is 8.82. The molecule has 1 aliphatic heterocycles. The van der Waals surface area contributed by atoms with Gasteiger partial charge < -0.3 is 5.32 Å². The van der Waals surface area contributed by atoms with Crippen molar-refractivity contribution in [2.75, 3.05) is 5.32 Å². The van der Waals surface area contributed by atoms with Crippen molar-refractivity contribution in [2.45, 2.75) is 32.2 Å². The molecule has 0 unspecified atom stereocenters. The van der Waals surface area contributed by atoms with Crippen LogP contribution in [-0.2, 0) is 0 Å². The summed E-state index contributed by atoms with van der Waals surface area (Å²) in [5.74, 6) is 0.560. The number of rotatable bonds is 2. The maximum Gasteiger partial charge on any atom is 0.292 e. The van der Waals surface area contributed by atoms with Gasteiger partial charge in [0.15, 0.2) is 0 Å². The zero-order valence-corrected chi connectivity index (χ0v) is 14.9. The van der Waals surface area contributed by atoms with Crippen molar-refractivity contribution in [3.63, 3.8) is 0 Å². The third-order valence-electron chi connectivity index (χ3n) is 5.57. The number of aryl methyl sites for hydroxylation is 1. The molecule has 1 aliphatic carbocycles. The SMILES string of the molecule is Cc1cc([N+](=O)[O-])c2c(c1C)[C@@H]1C=CC[C@H]1[C@@H](c1ccc(Cl)cc1)N2. The molecule has 0 radical (unpaired) electrons. The van der Waals surface area contributed by atoms with Gasteiger partial charge in [-0.15, -0.1) is 0 Å². The predicted molar refractivity (Wildman–Crippen MR) is 100 cm³/mol. The molecule has 4 rings (SSSR count). The highest BCUT2D eigenvalue weighted by Crippen LogP contribution is 2.53. The molecule has 5 heteroatoms. The fourth-order valence-electron chi connectivity index (χ4n) is 4.22. The molecule has 2 aromatic carbocycles. The van der Waals surface area contributed by atoms with Crippen molar-refractivity contribution in [2.24, 2.45) is 5.92 Å². The largest absolute Gasteiger partial charge is 0.372 e. The number of nitro benzene ring substituents is 1. The third-order valence-corrected chi connectivity index (χ3v) is 5.83. The van der Waals surface area contributed by atoms with Crippen molar-refractivity contribution in [3.05, 3.63) is 79.9 Å². The maximum atomic E-state index is 11.6. The van der Waals surface area contributed by atoms with Crippen LogP contribution in [0.3, 0.4) is 0 Å². The van der Waals surface area contributed by atoms with E-state index in [0.717, 1.165) is 28.7 Å². The Bertz CT molecular complexity index is 890. The number of nitrogens with one attached hydrogen (secondary N) is 1. The zero-order valence-electron chi connectivity index (χ0n) is 14.1. The Morgan fingerprint density at radius 3 is 2.64 bits per heavy atom. The molecule has 0 fully saturated rings. The molecule has 25 heavy (non-hydrogen) atoms. The summed E-state index contributed by atoms with van der Waals surface area (Å²) in [5, 5.41) is 15.8. The number of nitrogens with zero attached hydrogens (tertiary/aromatic N) is 1. The molecule has 0 aromatic heterocycles. The van der Waals surface area contributed by atoms with E-state index in [1.54, 1.807) is 6.07 Å². The first-order chi connectivity index (χ1) is 12.0. The second-order valence-corrected chi connectivity index (χ2v) is 7.35. The van der Waals surface area contributed by atoms with Gasteiger partial charge in [0.1, 0.15) is 5.69 Å². The topological polar surface area (TPSA) is 55.2 Å². The summed E-state index contributed by atoms with van der Waals surface area (Å²) in [5.41, 5.74) is 5.13. The molecule has 2 aromatic rings. The predicted octanol–water partition coefficient (Wildman–Crippen LogP) is 5.69. The summed E-state index contributed by atoms with van der Waals surface area (Å²) >= 11 is 6.03. The maximum absolute atomic E-state index is 11.6. The average Bonchev–Trinajstić information content (AvgIpc) is 3.07. The summed E-state index contributed by atoms with van der Waals surface area (Å²) < 4.78 is 0. The molecule has 1 N–H and O–H groups in total. The molecule has 0 bridgehead atoms. The van der Waals surface area contributed by atoms with E-state index in [2.05, 4.69) is 24.4 Å². The number of benzene rings is 2. The minimum Gasteiger partial charge on any atom is -0.372 e. The lowest BCUT2D eigenvalue weighted by Crippen LogP contribution is -2.30. The second-order valence-electron chi connectivity index (χ2n) is 6.91. The van der Waals surface area contributed by atoms with Crippen LogP contribution in [-0.4, -0.2) is 4.92 Å². The Hall–Kier alpha value is -2.33. The lowest BCUT2D eigenvalue weighted by molar-refractivity contribution is -0.384. The summed E-state index contributed by atoms with van der Waals surface area (Å²) in [6.07, 6.45) is 5.37. The summed E-state index contributed by atoms with van der Waals surface area (Å²) in [6.45, 7) is 4.01. The van der Waals surface area contributed by atoms with Crippen LogP contribution in [0.25, 0.3) is 0 Å². The Kier molecular flexibility index (Phi) is 3.80.